The van der Waals surface area contributed by atoms with Crippen LogP contribution in [0.5, 0.6) is 0 Å². The Kier molecular flexibility index (Phi) is 6.97. The maximum absolute atomic E-state index is 13.1. The number of anilines is 1. The van der Waals surface area contributed by atoms with E-state index in [1.807, 2.05) is 44.2 Å². The van der Waals surface area contributed by atoms with Gasteiger partial charge in [0.1, 0.15) is 0 Å². The first-order valence-corrected chi connectivity index (χ1v) is 10.6. The zero-order valence-corrected chi connectivity index (χ0v) is 19.0. The number of carbonyl (C=O) groups excluding carboxylic acids is 2. The van der Waals surface area contributed by atoms with Gasteiger partial charge >= 0.3 is 6.03 Å². The van der Waals surface area contributed by atoms with Crippen molar-refractivity contribution in [2.24, 2.45) is 0 Å². The molecule has 0 fully saturated rings. The number of amides is 3. The van der Waals surface area contributed by atoms with Gasteiger partial charge in [0.25, 0.3) is 5.91 Å². The number of carbonyl (C=O) groups is 2. The molecular weight excluding hydrogens is 392 g/mol. The van der Waals surface area contributed by atoms with Gasteiger partial charge in [-0.1, -0.05) is 18.2 Å². The van der Waals surface area contributed by atoms with Crippen LogP contribution in [0.25, 0.3) is 11.6 Å². The lowest BCUT2D eigenvalue weighted by Crippen LogP contribution is -2.43. The van der Waals surface area contributed by atoms with Gasteiger partial charge in [-0.05, 0) is 58.4 Å². The molecule has 2 aromatic rings. The average molecular weight is 425 g/mol. The molecule has 1 aliphatic rings. The lowest BCUT2D eigenvalue weighted by molar-refractivity contribution is -0.112. The van der Waals surface area contributed by atoms with E-state index < -0.39 is 6.03 Å². The number of nitrogens with zero attached hydrogens (tertiary/aromatic N) is 1. The van der Waals surface area contributed by atoms with Crippen molar-refractivity contribution in [1.82, 2.24) is 15.6 Å². The first-order chi connectivity index (χ1) is 14.7. The largest absolute Gasteiger partial charge is 0.378 e. The number of imide groups is 1. The van der Waals surface area contributed by atoms with Crippen LogP contribution in [0.1, 0.15) is 43.3 Å². The normalized spacial score (nSPS) is 14.9. The fraction of sp³-hybridized carbons (Fsp3) is 0.417. The van der Waals surface area contributed by atoms with Gasteiger partial charge in [0.15, 0.2) is 0 Å². The van der Waals surface area contributed by atoms with Crippen molar-refractivity contribution in [1.29, 1.82) is 0 Å². The average Bonchev–Trinajstić information content (AvgIpc) is 3.16. The van der Waals surface area contributed by atoms with Crippen LogP contribution in [-0.2, 0) is 9.53 Å². The quantitative estimate of drug-likeness (QED) is 0.468. The minimum atomic E-state index is -0.448. The van der Waals surface area contributed by atoms with Crippen molar-refractivity contribution in [3.8, 4) is 0 Å². The van der Waals surface area contributed by atoms with Gasteiger partial charge in [-0.2, -0.15) is 0 Å². The predicted octanol–water partition coefficient (Wildman–Crippen LogP) is 3.63. The number of hydrogen-bond donors (Lipinski definition) is 3. The van der Waals surface area contributed by atoms with Crippen molar-refractivity contribution < 1.29 is 14.3 Å². The highest BCUT2D eigenvalue weighted by Crippen LogP contribution is 2.37. The number of nitrogens with one attached hydrogen (secondary N) is 3. The molecule has 31 heavy (non-hydrogen) atoms. The van der Waals surface area contributed by atoms with E-state index in [4.69, 9.17) is 4.74 Å². The number of benzene rings is 1. The van der Waals surface area contributed by atoms with Crippen molar-refractivity contribution in [3.05, 3.63) is 52.8 Å². The minimum absolute atomic E-state index is 0.0453. The number of aromatic nitrogens is 1. The number of H-pyrrole nitrogens is 1. The molecule has 2 heterocycles. The summed E-state index contributed by atoms with van der Waals surface area (Å²) in [5, 5.41) is 6.13. The highest BCUT2D eigenvalue weighted by Gasteiger charge is 2.36. The van der Waals surface area contributed by atoms with Crippen molar-refractivity contribution >= 4 is 29.3 Å². The van der Waals surface area contributed by atoms with Gasteiger partial charge in [-0.15, -0.1) is 0 Å². The van der Waals surface area contributed by atoms with Gasteiger partial charge in [0.2, 0.25) is 0 Å². The summed E-state index contributed by atoms with van der Waals surface area (Å²) in [4.78, 5) is 30.4. The van der Waals surface area contributed by atoms with Crippen molar-refractivity contribution in [3.63, 3.8) is 0 Å². The number of urea groups is 1. The van der Waals surface area contributed by atoms with E-state index in [0.717, 1.165) is 29.1 Å². The summed E-state index contributed by atoms with van der Waals surface area (Å²) in [6, 6.07) is 8.92. The first kappa shape index (κ1) is 22.8. The molecule has 1 aliphatic heterocycles. The number of hydrogen-bond acceptors (Lipinski definition) is 4. The molecule has 0 saturated heterocycles. The maximum Gasteiger partial charge on any atom is 0.329 e. The second kappa shape index (κ2) is 9.49. The molecule has 1 aromatic carbocycles. The number of fused-ring (bicyclic) bond motifs is 1. The fourth-order valence-electron chi connectivity index (χ4n) is 3.54. The Morgan fingerprint density at radius 2 is 1.87 bits per heavy atom. The molecule has 3 rings (SSSR count). The third-order valence-electron chi connectivity index (χ3n) is 4.97. The fourth-order valence-corrected chi connectivity index (χ4v) is 3.54. The zero-order chi connectivity index (χ0) is 22.6. The molecule has 7 nitrogen and oxygen atoms in total. The molecule has 3 N–H and O–H groups in total. The SMILES string of the molecule is Cc1cc(C)c(/C=C2\C(=O)N(C(=O)NCCOCCNC(C)(C)C)c3ccccc32)[nH]1. The van der Waals surface area contributed by atoms with Crippen LogP contribution in [-0.4, -0.2) is 48.8 Å². The van der Waals surface area contributed by atoms with E-state index in [0.29, 0.717) is 31.0 Å². The minimum Gasteiger partial charge on any atom is -0.378 e. The van der Waals surface area contributed by atoms with E-state index in [-0.39, 0.29) is 11.4 Å². The van der Waals surface area contributed by atoms with E-state index in [1.54, 1.807) is 6.07 Å². The van der Waals surface area contributed by atoms with Gasteiger partial charge < -0.3 is 20.4 Å². The van der Waals surface area contributed by atoms with Gasteiger partial charge in [-0.25, -0.2) is 9.69 Å². The Morgan fingerprint density at radius 3 is 2.55 bits per heavy atom. The molecule has 1 aromatic heterocycles. The zero-order valence-electron chi connectivity index (χ0n) is 19.0. The molecule has 0 spiro atoms. The molecule has 0 unspecified atom stereocenters. The molecule has 0 bridgehead atoms. The highest BCUT2D eigenvalue weighted by molar-refractivity contribution is 6.41. The smallest absolute Gasteiger partial charge is 0.329 e. The Labute approximate surface area is 183 Å². The Hall–Kier alpha value is -2.90. The first-order valence-electron chi connectivity index (χ1n) is 10.6. The van der Waals surface area contributed by atoms with Crippen LogP contribution in [0.2, 0.25) is 0 Å². The standard InChI is InChI=1S/C24H32N4O3/c1-16-14-17(2)27-20(16)15-19-18-8-6-7-9-21(18)28(22(19)29)23(30)25-10-12-31-13-11-26-24(3,4)5/h6-9,14-15,26-27H,10-13H2,1-5H3,(H,25,30)/b19-15-. The van der Waals surface area contributed by atoms with Crippen LogP contribution >= 0.6 is 0 Å². The van der Waals surface area contributed by atoms with E-state index in [2.05, 4.69) is 36.4 Å². The summed E-state index contributed by atoms with van der Waals surface area (Å²) in [5.74, 6) is -0.333. The van der Waals surface area contributed by atoms with Crippen LogP contribution < -0.4 is 15.5 Å². The lowest BCUT2D eigenvalue weighted by atomic mass is 10.1. The van der Waals surface area contributed by atoms with Gasteiger partial charge in [0, 0.05) is 35.6 Å². The third kappa shape index (κ3) is 5.62. The highest BCUT2D eigenvalue weighted by atomic mass is 16.5. The second-order valence-corrected chi connectivity index (χ2v) is 8.79. The van der Waals surface area contributed by atoms with Crippen LogP contribution in [0.15, 0.2) is 30.3 Å². The Balaban J connectivity index is 1.63. The summed E-state index contributed by atoms with van der Waals surface area (Å²) in [6.07, 6.45) is 1.82. The van der Waals surface area contributed by atoms with Gasteiger partial charge in [-0.3, -0.25) is 4.79 Å². The summed E-state index contributed by atoms with van der Waals surface area (Å²) in [6.45, 7) is 12.3. The number of aryl methyl sites for hydroxylation is 2. The Morgan fingerprint density at radius 1 is 1.16 bits per heavy atom. The van der Waals surface area contributed by atoms with E-state index >= 15 is 0 Å². The van der Waals surface area contributed by atoms with E-state index in [9.17, 15) is 9.59 Å². The second-order valence-electron chi connectivity index (χ2n) is 8.79. The van der Waals surface area contributed by atoms with Gasteiger partial charge in [0.05, 0.1) is 24.5 Å². The molecule has 7 heteroatoms. The molecule has 3 amide bonds. The topological polar surface area (TPSA) is 86.5 Å². The molecule has 0 atom stereocenters. The predicted molar refractivity (Wildman–Crippen MR) is 124 cm³/mol. The molecule has 166 valence electrons. The monoisotopic (exact) mass is 424 g/mol. The maximum atomic E-state index is 13.1. The van der Waals surface area contributed by atoms with Crippen LogP contribution in [0, 0.1) is 13.8 Å². The number of rotatable bonds is 7. The van der Waals surface area contributed by atoms with E-state index in [1.165, 1.54) is 4.90 Å². The molecule has 0 saturated carbocycles. The molecule has 0 radical (unpaired) electrons. The number of para-hydroxylation sites is 1. The van der Waals surface area contributed by atoms with Crippen molar-refractivity contribution in [2.75, 3.05) is 31.2 Å². The van der Waals surface area contributed by atoms with Crippen LogP contribution in [0.3, 0.4) is 0 Å². The summed E-state index contributed by atoms with van der Waals surface area (Å²) >= 11 is 0. The van der Waals surface area contributed by atoms with Crippen LogP contribution in [0.4, 0.5) is 10.5 Å². The molecular formula is C24H32N4O3. The number of aromatic amines is 1. The summed E-state index contributed by atoms with van der Waals surface area (Å²) in [5.41, 5.74) is 4.83. The lowest BCUT2D eigenvalue weighted by Gasteiger charge is -2.20. The Bertz CT molecular complexity index is 985. The van der Waals surface area contributed by atoms with Crippen molar-refractivity contribution in [2.45, 2.75) is 40.2 Å². The summed E-state index contributed by atoms with van der Waals surface area (Å²) in [7, 11) is 0. The summed E-state index contributed by atoms with van der Waals surface area (Å²) < 4.78 is 5.56. The number of ether oxygens (including phenoxy) is 1. The third-order valence-corrected chi connectivity index (χ3v) is 4.97. The molecule has 0 aliphatic carbocycles.